The molecule has 0 aliphatic rings. The Morgan fingerprint density at radius 2 is 2.15 bits per heavy atom. The molecule has 20 heavy (non-hydrogen) atoms. The quantitative estimate of drug-likeness (QED) is 0.698. The van der Waals surface area contributed by atoms with Crippen LogP contribution in [-0.2, 0) is 0 Å². The second kappa shape index (κ2) is 4.61. The lowest BCUT2D eigenvalue weighted by atomic mass is 10.2. The van der Waals surface area contributed by atoms with Crippen LogP contribution in [0.3, 0.4) is 0 Å². The Labute approximate surface area is 111 Å². The van der Waals surface area contributed by atoms with Crippen molar-refractivity contribution in [3.8, 4) is 0 Å². The highest BCUT2D eigenvalue weighted by Crippen LogP contribution is 2.17. The van der Waals surface area contributed by atoms with Crippen molar-refractivity contribution in [1.82, 2.24) is 9.97 Å². The van der Waals surface area contributed by atoms with E-state index in [9.17, 15) is 14.0 Å². The number of H-pyrrole nitrogens is 1. The summed E-state index contributed by atoms with van der Waals surface area (Å²) in [7, 11) is 0. The van der Waals surface area contributed by atoms with Crippen molar-refractivity contribution in [2.24, 2.45) is 0 Å². The molecule has 0 fully saturated rings. The molecule has 7 heteroatoms. The first kappa shape index (κ1) is 12.1. The molecule has 0 radical (unpaired) electrons. The Kier molecular flexibility index (Phi) is 2.79. The standard InChI is InChI=1S/C13H8FN3O3/c14-11-5-7(3-4-15-11)12(18)16-8-1-2-10-9(6-8)17-13(19)20-10/h1-6H,(H,16,18)(H,17,19). The number of benzene rings is 1. The number of halogens is 1. The Balaban J connectivity index is 1.88. The second-order valence-corrected chi connectivity index (χ2v) is 4.05. The van der Waals surface area contributed by atoms with E-state index >= 15 is 0 Å². The monoisotopic (exact) mass is 273 g/mol. The van der Waals surface area contributed by atoms with Crippen molar-refractivity contribution >= 4 is 22.7 Å². The SMILES string of the molecule is O=C(Nc1ccc2oc(=O)[nH]c2c1)c1ccnc(F)c1. The number of amides is 1. The molecule has 0 atom stereocenters. The third-order valence-corrected chi connectivity index (χ3v) is 2.67. The van der Waals surface area contributed by atoms with Gasteiger partial charge in [-0.1, -0.05) is 0 Å². The topological polar surface area (TPSA) is 88.0 Å². The molecule has 6 nitrogen and oxygen atoms in total. The fraction of sp³-hybridized carbons (Fsp3) is 0. The zero-order chi connectivity index (χ0) is 14.1. The molecule has 0 aliphatic carbocycles. The summed E-state index contributed by atoms with van der Waals surface area (Å²) in [5.74, 6) is -1.77. The molecule has 3 aromatic rings. The van der Waals surface area contributed by atoms with Gasteiger partial charge in [0.05, 0.1) is 5.52 Å². The minimum Gasteiger partial charge on any atom is -0.408 e. The molecule has 0 bridgehead atoms. The van der Waals surface area contributed by atoms with Gasteiger partial charge in [-0.3, -0.25) is 9.78 Å². The van der Waals surface area contributed by atoms with Crippen LogP contribution in [0.1, 0.15) is 10.4 Å². The number of aromatic amines is 1. The minimum atomic E-state index is -0.729. The average Bonchev–Trinajstić information content (AvgIpc) is 2.78. The average molecular weight is 273 g/mol. The van der Waals surface area contributed by atoms with Gasteiger partial charge < -0.3 is 9.73 Å². The molecule has 2 aromatic heterocycles. The predicted octanol–water partition coefficient (Wildman–Crippen LogP) is 1.91. The van der Waals surface area contributed by atoms with Crippen molar-refractivity contribution in [3.63, 3.8) is 0 Å². The number of fused-ring (bicyclic) bond motifs is 1. The van der Waals surface area contributed by atoms with Crippen molar-refractivity contribution in [2.45, 2.75) is 0 Å². The lowest BCUT2D eigenvalue weighted by Crippen LogP contribution is -2.12. The van der Waals surface area contributed by atoms with Crippen molar-refractivity contribution in [1.29, 1.82) is 0 Å². The van der Waals surface area contributed by atoms with Crippen molar-refractivity contribution < 1.29 is 13.6 Å². The lowest BCUT2D eigenvalue weighted by Gasteiger charge is -2.04. The van der Waals surface area contributed by atoms with Gasteiger partial charge in [0.25, 0.3) is 5.91 Å². The van der Waals surface area contributed by atoms with Crippen LogP contribution in [0.25, 0.3) is 11.1 Å². The maximum Gasteiger partial charge on any atom is 0.417 e. The summed E-state index contributed by atoms with van der Waals surface area (Å²) in [6.07, 6.45) is 1.21. The van der Waals surface area contributed by atoms with E-state index in [1.54, 1.807) is 18.2 Å². The van der Waals surface area contributed by atoms with Crippen LogP contribution < -0.4 is 11.1 Å². The third-order valence-electron chi connectivity index (χ3n) is 2.67. The maximum atomic E-state index is 12.9. The van der Waals surface area contributed by atoms with Crippen LogP contribution in [0.5, 0.6) is 0 Å². The number of carbonyl (C=O) groups is 1. The Morgan fingerprint density at radius 3 is 2.95 bits per heavy atom. The van der Waals surface area contributed by atoms with Gasteiger partial charge in [0.1, 0.15) is 0 Å². The number of pyridine rings is 1. The van der Waals surface area contributed by atoms with Crippen LogP contribution in [0.15, 0.2) is 45.7 Å². The molecule has 0 spiro atoms. The first-order valence-corrected chi connectivity index (χ1v) is 5.67. The Morgan fingerprint density at radius 1 is 1.30 bits per heavy atom. The van der Waals surface area contributed by atoms with Gasteiger partial charge in [-0.25, -0.2) is 9.78 Å². The maximum absolute atomic E-state index is 12.9. The summed E-state index contributed by atoms with van der Waals surface area (Å²) in [5.41, 5.74) is 1.46. The van der Waals surface area contributed by atoms with Gasteiger partial charge >= 0.3 is 5.76 Å². The molecular formula is C13H8FN3O3. The molecule has 2 heterocycles. The minimum absolute atomic E-state index is 0.151. The fourth-order valence-electron chi connectivity index (χ4n) is 1.78. The van der Waals surface area contributed by atoms with Crippen molar-refractivity contribution in [3.05, 3.63) is 58.6 Å². The van der Waals surface area contributed by atoms with E-state index < -0.39 is 17.6 Å². The van der Waals surface area contributed by atoms with Crippen LogP contribution in [0, 0.1) is 5.95 Å². The molecule has 2 N–H and O–H groups in total. The molecule has 0 aliphatic heterocycles. The normalized spacial score (nSPS) is 10.7. The summed E-state index contributed by atoms with van der Waals surface area (Å²) in [5, 5.41) is 2.59. The molecule has 1 aromatic carbocycles. The number of anilines is 1. The van der Waals surface area contributed by atoms with E-state index in [4.69, 9.17) is 4.42 Å². The van der Waals surface area contributed by atoms with E-state index in [1.165, 1.54) is 12.3 Å². The summed E-state index contributed by atoms with van der Waals surface area (Å²) in [4.78, 5) is 28.8. The largest absolute Gasteiger partial charge is 0.417 e. The van der Waals surface area contributed by atoms with Gasteiger partial charge in [0.2, 0.25) is 5.95 Å². The van der Waals surface area contributed by atoms with Crippen molar-refractivity contribution in [2.75, 3.05) is 5.32 Å². The molecule has 0 saturated carbocycles. The Bertz CT molecular complexity index is 853. The van der Waals surface area contributed by atoms with Crippen LogP contribution in [0.4, 0.5) is 10.1 Å². The summed E-state index contributed by atoms with van der Waals surface area (Å²) in [6, 6.07) is 7.12. The molecule has 3 rings (SSSR count). The smallest absolute Gasteiger partial charge is 0.408 e. The van der Waals surface area contributed by atoms with E-state index in [0.29, 0.717) is 16.8 Å². The molecule has 0 saturated heterocycles. The number of carbonyl (C=O) groups excluding carboxylic acids is 1. The van der Waals surface area contributed by atoms with E-state index in [2.05, 4.69) is 15.3 Å². The zero-order valence-corrected chi connectivity index (χ0v) is 10.0. The zero-order valence-electron chi connectivity index (χ0n) is 10.0. The van der Waals surface area contributed by atoms with E-state index in [1.807, 2.05) is 0 Å². The molecule has 100 valence electrons. The van der Waals surface area contributed by atoms with E-state index in [0.717, 1.165) is 6.07 Å². The second-order valence-electron chi connectivity index (χ2n) is 4.05. The summed E-state index contributed by atoms with van der Waals surface area (Å²) < 4.78 is 17.8. The number of hydrogen-bond donors (Lipinski definition) is 2. The van der Waals surface area contributed by atoms with Crippen LogP contribution >= 0.6 is 0 Å². The number of hydrogen-bond acceptors (Lipinski definition) is 4. The number of oxazole rings is 1. The van der Waals surface area contributed by atoms with Gasteiger partial charge in [0.15, 0.2) is 5.58 Å². The van der Waals surface area contributed by atoms with Gasteiger partial charge in [-0.2, -0.15) is 4.39 Å². The third kappa shape index (κ3) is 2.28. The van der Waals surface area contributed by atoms with Crippen LogP contribution in [-0.4, -0.2) is 15.9 Å². The number of aromatic nitrogens is 2. The number of nitrogens with zero attached hydrogens (tertiary/aromatic N) is 1. The highest BCUT2D eigenvalue weighted by atomic mass is 19.1. The highest BCUT2D eigenvalue weighted by Gasteiger charge is 2.09. The van der Waals surface area contributed by atoms with Crippen LogP contribution in [0.2, 0.25) is 0 Å². The van der Waals surface area contributed by atoms with Gasteiger partial charge in [-0.15, -0.1) is 0 Å². The predicted molar refractivity (Wildman–Crippen MR) is 69.0 cm³/mol. The fourth-order valence-corrected chi connectivity index (χ4v) is 1.78. The molecular weight excluding hydrogens is 265 g/mol. The summed E-state index contributed by atoms with van der Waals surface area (Å²) >= 11 is 0. The lowest BCUT2D eigenvalue weighted by molar-refractivity contribution is 0.102. The van der Waals surface area contributed by atoms with E-state index in [-0.39, 0.29) is 5.56 Å². The summed E-state index contributed by atoms with van der Waals surface area (Å²) in [6.45, 7) is 0. The molecule has 1 amide bonds. The Hall–Kier alpha value is -2.96. The number of nitrogens with one attached hydrogen (secondary N) is 2. The number of rotatable bonds is 2. The van der Waals surface area contributed by atoms with Gasteiger partial charge in [-0.05, 0) is 24.3 Å². The van der Waals surface area contributed by atoms with Gasteiger partial charge in [0, 0.05) is 23.5 Å². The first-order valence-electron chi connectivity index (χ1n) is 5.67. The molecule has 0 unspecified atom stereocenters. The first-order chi connectivity index (χ1) is 9.61. The highest BCUT2D eigenvalue weighted by molar-refractivity contribution is 6.04.